The molecule has 0 saturated carbocycles. The predicted molar refractivity (Wildman–Crippen MR) is 99.1 cm³/mol. The Morgan fingerprint density at radius 3 is 2.71 bits per heavy atom. The van der Waals surface area contributed by atoms with Crippen molar-refractivity contribution in [1.29, 1.82) is 0 Å². The Kier molecular flexibility index (Phi) is 6.95. The largest absolute Gasteiger partial charge is 0.272 e. The van der Waals surface area contributed by atoms with Gasteiger partial charge in [0, 0.05) is 22.4 Å². The number of carbonyl (C=O) groups excluding carboxylic acids is 1. The summed E-state index contributed by atoms with van der Waals surface area (Å²) in [6.45, 7) is 0. The molecule has 1 N–H and O–H groups in total. The van der Waals surface area contributed by atoms with Gasteiger partial charge in [-0.05, 0) is 23.3 Å². The van der Waals surface area contributed by atoms with Crippen molar-refractivity contribution in [2.24, 2.45) is 5.10 Å². The highest BCUT2D eigenvalue weighted by Gasteiger charge is 2.05. The van der Waals surface area contributed by atoms with Crippen LogP contribution in [0.25, 0.3) is 0 Å². The topological polar surface area (TPSA) is 84.6 Å². The summed E-state index contributed by atoms with van der Waals surface area (Å²) in [4.78, 5) is 21.8. The number of amides is 1. The van der Waals surface area contributed by atoms with Crippen LogP contribution < -0.4 is 5.43 Å². The molecule has 0 bridgehead atoms. The number of nitrogens with one attached hydrogen (secondary N) is 1. The van der Waals surface area contributed by atoms with E-state index in [1.54, 1.807) is 18.3 Å². The quantitative estimate of drug-likeness (QED) is 0.430. The lowest BCUT2D eigenvalue weighted by molar-refractivity contribution is -0.384. The Morgan fingerprint density at radius 1 is 1.29 bits per heavy atom. The maximum atomic E-state index is 11.7. The van der Waals surface area contributed by atoms with Gasteiger partial charge in [-0.25, -0.2) is 5.43 Å². The van der Waals surface area contributed by atoms with E-state index >= 15 is 0 Å². The zero-order valence-electron chi connectivity index (χ0n) is 12.5. The molecule has 124 valence electrons. The molecule has 6 nitrogen and oxygen atoms in total. The lowest BCUT2D eigenvalue weighted by Gasteiger charge is -2.01. The monoisotopic (exact) mass is 407 g/mol. The Balaban J connectivity index is 1.72. The van der Waals surface area contributed by atoms with Crippen molar-refractivity contribution in [3.8, 4) is 0 Å². The molecule has 0 aliphatic heterocycles. The van der Waals surface area contributed by atoms with E-state index in [4.69, 9.17) is 0 Å². The van der Waals surface area contributed by atoms with Crippen molar-refractivity contribution in [2.75, 3.05) is 5.75 Å². The average molecular weight is 408 g/mol. The number of hydrazone groups is 1. The number of nitrogens with zero attached hydrogens (tertiary/aromatic N) is 2. The Hall–Kier alpha value is -2.19. The fraction of sp³-hybridized carbons (Fsp3) is 0.125. The fourth-order valence-electron chi connectivity index (χ4n) is 1.77. The van der Waals surface area contributed by atoms with Crippen molar-refractivity contribution in [3.63, 3.8) is 0 Å². The fourth-order valence-corrected chi connectivity index (χ4v) is 2.97. The molecule has 0 saturated heterocycles. The molecular weight excluding hydrogens is 394 g/mol. The Bertz CT molecular complexity index is 750. The summed E-state index contributed by atoms with van der Waals surface area (Å²) in [5.74, 6) is 0.654. The third-order valence-electron chi connectivity index (χ3n) is 2.90. The Labute approximate surface area is 151 Å². The Morgan fingerprint density at radius 2 is 2.04 bits per heavy atom. The zero-order valence-corrected chi connectivity index (χ0v) is 14.9. The number of thioether (sulfide) groups is 1. The van der Waals surface area contributed by atoms with Gasteiger partial charge in [-0.15, -0.1) is 11.8 Å². The highest BCUT2D eigenvalue weighted by molar-refractivity contribution is 9.10. The molecule has 0 aliphatic carbocycles. The van der Waals surface area contributed by atoms with Crippen LogP contribution in [-0.4, -0.2) is 22.8 Å². The highest BCUT2D eigenvalue weighted by Crippen LogP contribution is 2.16. The molecule has 0 unspecified atom stereocenters. The van der Waals surface area contributed by atoms with Crippen LogP contribution >= 0.6 is 27.7 Å². The van der Waals surface area contributed by atoms with Gasteiger partial charge < -0.3 is 0 Å². The highest BCUT2D eigenvalue weighted by atomic mass is 79.9. The van der Waals surface area contributed by atoms with Crippen LogP contribution in [0.2, 0.25) is 0 Å². The van der Waals surface area contributed by atoms with Crippen LogP contribution in [0.15, 0.2) is 58.1 Å². The minimum Gasteiger partial charge on any atom is -0.272 e. The molecular formula is C16H14BrN3O3S. The molecule has 24 heavy (non-hydrogen) atoms. The number of non-ortho nitro benzene ring substituents is 1. The SMILES string of the molecule is O=C(CSCc1ccc([N+](=O)[O-])cc1)N/N=C/c1cccc(Br)c1. The minimum atomic E-state index is -0.437. The van der Waals surface area contributed by atoms with E-state index in [9.17, 15) is 14.9 Å². The van der Waals surface area contributed by atoms with E-state index in [-0.39, 0.29) is 17.3 Å². The lowest BCUT2D eigenvalue weighted by atomic mass is 10.2. The number of carbonyl (C=O) groups is 1. The van der Waals surface area contributed by atoms with E-state index in [2.05, 4.69) is 26.5 Å². The van der Waals surface area contributed by atoms with Gasteiger partial charge in [0.25, 0.3) is 5.69 Å². The second kappa shape index (κ2) is 9.19. The smallest absolute Gasteiger partial charge is 0.269 e. The number of benzene rings is 2. The number of hydrogen-bond donors (Lipinski definition) is 1. The number of rotatable bonds is 7. The van der Waals surface area contributed by atoms with Crippen molar-refractivity contribution >= 4 is 45.5 Å². The number of nitro benzene ring substituents is 1. The lowest BCUT2D eigenvalue weighted by Crippen LogP contribution is -2.19. The first kappa shape index (κ1) is 18.2. The molecule has 0 aromatic heterocycles. The molecule has 0 atom stereocenters. The van der Waals surface area contributed by atoms with E-state index in [0.717, 1.165) is 15.6 Å². The first-order chi connectivity index (χ1) is 11.5. The summed E-state index contributed by atoms with van der Waals surface area (Å²) in [5.41, 5.74) is 4.33. The van der Waals surface area contributed by atoms with Crippen molar-refractivity contribution in [1.82, 2.24) is 5.43 Å². The second-order valence-corrected chi connectivity index (χ2v) is 6.67. The minimum absolute atomic E-state index is 0.0587. The summed E-state index contributed by atoms with van der Waals surface area (Å²) in [5, 5.41) is 14.5. The average Bonchev–Trinajstić information content (AvgIpc) is 2.55. The van der Waals surface area contributed by atoms with Gasteiger partial charge >= 0.3 is 0 Å². The van der Waals surface area contributed by atoms with Gasteiger partial charge in [0.1, 0.15) is 0 Å². The standard InChI is InChI=1S/C16H14BrN3O3S/c17-14-3-1-2-13(8-14)9-18-19-16(21)11-24-10-12-4-6-15(7-5-12)20(22)23/h1-9H,10-11H2,(H,19,21)/b18-9+. The first-order valence-electron chi connectivity index (χ1n) is 6.93. The molecule has 2 rings (SSSR count). The van der Waals surface area contributed by atoms with Gasteiger partial charge in [0.15, 0.2) is 0 Å². The van der Waals surface area contributed by atoms with Crippen LogP contribution in [0.5, 0.6) is 0 Å². The maximum absolute atomic E-state index is 11.7. The molecule has 0 fully saturated rings. The number of nitro groups is 1. The van der Waals surface area contributed by atoms with Crippen LogP contribution in [-0.2, 0) is 10.5 Å². The van der Waals surface area contributed by atoms with Crippen LogP contribution in [0.1, 0.15) is 11.1 Å². The molecule has 1 amide bonds. The summed E-state index contributed by atoms with van der Waals surface area (Å²) in [6, 6.07) is 13.8. The van der Waals surface area contributed by atoms with Crippen LogP contribution in [0.4, 0.5) is 5.69 Å². The third-order valence-corrected chi connectivity index (χ3v) is 4.40. The van der Waals surface area contributed by atoms with Gasteiger partial charge in [-0.3, -0.25) is 14.9 Å². The van der Waals surface area contributed by atoms with Gasteiger partial charge in [0.2, 0.25) is 5.91 Å². The van der Waals surface area contributed by atoms with Crippen molar-refractivity contribution in [2.45, 2.75) is 5.75 Å². The molecule has 0 spiro atoms. The van der Waals surface area contributed by atoms with Gasteiger partial charge in [0.05, 0.1) is 16.9 Å². The second-order valence-electron chi connectivity index (χ2n) is 4.76. The van der Waals surface area contributed by atoms with Crippen LogP contribution in [0, 0.1) is 10.1 Å². The number of hydrogen-bond acceptors (Lipinski definition) is 5. The molecule has 8 heteroatoms. The van der Waals surface area contributed by atoms with Crippen LogP contribution in [0.3, 0.4) is 0 Å². The molecule has 0 heterocycles. The van der Waals surface area contributed by atoms with E-state index in [0.29, 0.717) is 5.75 Å². The first-order valence-corrected chi connectivity index (χ1v) is 8.88. The van der Waals surface area contributed by atoms with E-state index in [1.165, 1.54) is 23.9 Å². The van der Waals surface area contributed by atoms with Crippen molar-refractivity contribution < 1.29 is 9.72 Å². The molecule has 0 radical (unpaired) electrons. The third kappa shape index (κ3) is 6.13. The zero-order chi connectivity index (χ0) is 17.4. The summed E-state index contributed by atoms with van der Waals surface area (Å²) in [7, 11) is 0. The molecule has 2 aromatic carbocycles. The molecule has 0 aliphatic rings. The normalized spacial score (nSPS) is 10.7. The van der Waals surface area contributed by atoms with Crippen molar-refractivity contribution in [3.05, 3.63) is 74.2 Å². The summed E-state index contributed by atoms with van der Waals surface area (Å²) in [6.07, 6.45) is 1.57. The summed E-state index contributed by atoms with van der Waals surface area (Å²) >= 11 is 4.78. The predicted octanol–water partition coefficient (Wildman–Crippen LogP) is 3.74. The van der Waals surface area contributed by atoms with E-state index in [1.807, 2.05) is 24.3 Å². The van der Waals surface area contributed by atoms with Gasteiger partial charge in [-0.1, -0.05) is 40.2 Å². The van der Waals surface area contributed by atoms with E-state index < -0.39 is 4.92 Å². The summed E-state index contributed by atoms with van der Waals surface area (Å²) < 4.78 is 0.941. The van der Waals surface area contributed by atoms with Gasteiger partial charge in [-0.2, -0.15) is 5.10 Å². The maximum Gasteiger partial charge on any atom is 0.269 e. The molecule has 2 aromatic rings. The number of halogens is 1.